The molecule has 16 heavy (non-hydrogen) atoms. The molecule has 0 aliphatic rings. The summed E-state index contributed by atoms with van der Waals surface area (Å²) in [7, 11) is 0. The van der Waals surface area contributed by atoms with Crippen LogP contribution in [0.2, 0.25) is 0 Å². The van der Waals surface area contributed by atoms with E-state index in [9.17, 15) is 9.59 Å². The van der Waals surface area contributed by atoms with Gasteiger partial charge < -0.3 is 5.32 Å². The Balaban J connectivity index is 2.84. The Labute approximate surface area is 111 Å². The van der Waals surface area contributed by atoms with Crippen molar-refractivity contribution in [1.82, 2.24) is 5.32 Å². The Morgan fingerprint density at radius 2 is 1.69 bits per heavy atom. The van der Waals surface area contributed by atoms with Gasteiger partial charge in [-0.25, -0.2) is 0 Å². The monoisotopic (exact) mass is 347 g/mol. The van der Waals surface area contributed by atoms with Gasteiger partial charge in [-0.15, -0.1) is 0 Å². The number of Topliss-reactive ketones (excluding diaryl/α,β-unsaturated/α-hetero) is 1. The van der Waals surface area contributed by atoms with Gasteiger partial charge in [0.25, 0.3) is 5.91 Å². The molecular formula is C11H11Br2NO2. The molecule has 1 rings (SSSR count). The van der Waals surface area contributed by atoms with Crippen LogP contribution in [-0.2, 0) is 4.79 Å². The molecule has 0 fully saturated rings. The molecule has 0 aliphatic heterocycles. The van der Waals surface area contributed by atoms with Crippen LogP contribution < -0.4 is 5.32 Å². The summed E-state index contributed by atoms with van der Waals surface area (Å²) in [6.07, 6.45) is 0. The fraction of sp³-hybridized carbons (Fsp3) is 0.273. The van der Waals surface area contributed by atoms with E-state index in [0.717, 1.165) is 8.95 Å². The maximum atomic E-state index is 11.8. The zero-order valence-corrected chi connectivity index (χ0v) is 12.1. The van der Waals surface area contributed by atoms with Crippen LogP contribution in [-0.4, -0.2) is 17.7 Å². The number of ketones is 1. The molecule has 1 amide bonds. The second-order valence-corrected chi connectivity index (χ2v) is 5.30. The number of amides is 1. The SMILES string of the molecule is CC(=O)C(C)NC(=O)c1cc(Br)cc(Br)c1. The average Bonchev–Trinajstić information content (AvgIpc) is 2.15. The summed E-state index contributed by atoms with van der Waals surface area (Å²) < 4.78 is 1.62. The van der Waals surface area contributed by atoms with Crippen molar-refractivity contribution in [2.24, 2.45) is 0 Å². The fourth-order valence-electron chi connectivity index (χ4n) is 1.07. The first kappa shape index (κ1) is 13.4. The molecule has 1 N–H and O–H groups in total. The Bertz CT molecular complexity index is 412. The van der Waals surface area contributed by atoms with Gasteiger partial charge in [0, 0.05) is 14.5 Å². The number of benzene rings is 1. The van der Waals surface area contributed by atoms with Crippen molar-refractivity contribution < 1.29 is 9.59 Å². The third-order valence-corrected chi connectivity index (χ3v) is 3.00. The Hall–Kier alpha value is -0.680. The van der Waals surface area contributed by atoms with Gasteiger partial charge in [0.05, 0.1) is 6.04 Å². The first-order valence-electron chi connectivity index (χ1n) is 4.67. The van der Waals surface area contributed by atoms with E-state index in [1.54, 1.807) is 19.1 Å². The van der Waals surface area contributed by atoms with Crippen molar-refractivity contribution >= 4 is 43.6 Å². The Morgan fingerprint density at radius 3 is 2.12 bits per heavy atom. The number of hydrogen-bond donors (Lipinski definition) is 1. The summed E-state index contributed by atoms with van der Waals surface area (Å²) in [5, 5.41) is 2.62. The highest BCUT2D eigenvalue weighted by molar-refractivity contribution is 9.11. The van der Waals surface area contributed by atoms with E-state index in [1.807, 2.05) is 6.07 Å². The number of carbonyl (C=O) groups is 2. The molecule has 1 aromatic carbocycles. The molecule has 1 aromatic rings. The zero-order chi connectivity index (χ0) is 12.3. The molecule has 0 aromatic heterocycles. The molecule has 0 bridgehead atoms. The van der Waals surface area contributed by atoms with E-state index < -0.39 is 6.04 Å². The van der Waals surface area contributed by atoms with E-state index >= 15 is 0 Å². The van der Waals surface area contributed by atoms with Crippen molar-refractivity contribution in [3.05, 3.63) is 32.7 Å². The fourth-order valence-corrected chi connectivity index (χ4v) is 2.36. The second kappa shape index (κ2) is 5.59. The molecule has 0 saturated carbocycles. The van der Waals surface area contributed by atoms with Gasteiger partial charge in [-0.05, 0) is 32.0 Å². The van der Waals surface area contributed by atoms with Crippen LogP contribution in [0.25, 0.3) is 0 Å². The van der Waals surface area contributed by atoms with Gasteiger partial charge in [0.1, 0.15) is 0 Å². The van der Waals surface area contributed by atoms with E-state index in [4.69, 9.17) is 0 Å². The highest BCUT2D eigenvalue weighted by atomic mass is 79.9. The Morgan fingerprint density at radius 1 is 1.19 bits per heavy atom. The van der Waals surface area contributed by atoms with Gasteiger partial charge in [0.2, 0.25) is 0 Å². The van der Waals surface area contributed by atoms with Crippen LogP contribution in [0.5, 0.6) is 0 Å². The van der Waals surface area contributed by atoms with Crippen molar-refractivity contribution in [2.75, 3.05) is 0 Å². The quantitative estimate of drug-likeness (QED) is 0.912. The van der Waals surface area contributed by atoms with Crippen molar-refractivity contribution in [1.29, 1.82) is 0 Å². The molecule has 1 unspecified atom stereocenters. The normalized spacial score (nSPS) is 12.0. The molecule has 3 nitrogen and oxygen atoms in total. The molecule has 86 valence electrons. The van der Waals surface area contributed by atoms with Crippen molar-refractivity contribution in [3.63, 3.8) is 0 Å². The van der Waals surface area contributed by atoms with Crippen LogP contribution >= 0.6 is 31.9 Å². The topological polar surface area (TPSA) is 46.2 Å². The largest absolute Gasteiger partial charge is 0.343 e. The highest BCUT2D eigenvalue weighted by Crippen LogP contribution is 2.20. The summed E-state index contributed by atoms with van der Waals surface area (Å²) >= 11 is 6.60. The first-order valence-corrected chi connectivity index (χ1v) is 6.26. The Kier molecular flexibility index (Phi) is 4.68. The molecule has 5 heteroatoms. The molecule has 0 spiro atoms. The predicted molar refractivity (Wildman–Crippen MR) is 69.5 cm³/mol. The molecule has 0 aliphatic carbocycles. The van der Waals surface area contributed by atoms with Crippen LogP contribution in [0.4, 0.5) is 0 Å². The minimum absolute atomic E-state index is 0.0672. The zero-order valence-electron chi connectivity index (χ0n) is 8.88. The minimum Gasteiger partial charge on any atom is -0.343 e. The lowest BCUT2D eigenvalue weighted by Crippen LogP contribution is -2.37. The maximum Gasteiger partial charge on any atom is 0.251 e. The minimum atomic E-state index is -0.467. The van der Waals surface area contributed by atoms with Crippen LogP contribution in [0.3, 0.4) is 0 Å². The highest BCUT2D eigenvalue weighted by Gasteiger charge is 2.13. The summed E-state index contributed by atoms with van der Waals surface area (Å²) in [5.41, 5.74) is 0.509. The summed E-state index contributed by atoms with van der Waals surface area (Å²) in [5.74, 6) is -0.327. The van der Waals surface area contributed by atoms with Gasteiger partial charge in [-0.2, -0.15) is 0 Å². The van der Waals surface area contributed by atoms with E-state index in [0.29, 0.717) is 5.56 Å². The smallest absolute Gasteiger partial charge is 0.251 e. The molecule has 0 heterocycles. The lowest BCUT2D eigenvalue weighted by atomic mass is 10.2. The molecule has 0 radical (unpaired) electrons. The number of nitrogens with one attached hydrogen (secondary N) is 1. The molecule has 0 saturated heterocycles. The number of hydrogen-bond acceptors (Lipinski definition) is 2. The van der Waals surface area contributed by atoms with E-state index in [-0.39, 0.29) is 11.7 Å². The molecule has 1 atom stereocenters. The first-order chi connectivity index (χ1) is 7.40. The maximum absolute atomic E-state index is 11.8. The van der Waals surface area contributed by atoms with Gasteiger partial charge in [-0.3, -0.25) is 9.59 Å². The third-order valence-electron chi connectivity index (χ3n) is 2.08. The predicted octanol–water partition coefficient (Wildman–Crippen LogP) is 2.92. The van der Waals surface area contributed by atoms with E-state index in [2.05, 4.69) is 37.2 Å². The lowest BCUT2D eigenvalue weighted by Gasteiger charge is -2.10. The standard InChI is InChI=1S/C11H11Br2NO2/c1-6(7(2)15)14-11(16)8-3-9(12)5-10(13)4-8/h3-6H,1-2H3,(H,14,16). The van der Waals surface area contributed by atoms with Crippen molar-refractivity contribution in [2.45, 2.75) is 19.9 Å². The number of carbonyl (C=O) groups excluding carboxylic acids is 2. The lowest BCUT2D eigenvalue weighted by molar-refractivity contribution is -0.118. The second-order valence-electron chi connectivity index (χ2n) is 3.46. The number of halogens is 2. The summed E-state index contributed by atoms with van der Waals surface area (Å²) in [6, 6.07) is 4.77. The summed E-state index contributed by atoms with van der Waals surface area (Å²) in [4.78, 5) is 22.8. The molecular weight excluding hydrogens is 338 g/mol. The van der Waals surface area contributed by atoms with Crippen molar-refractivity contribution in [3.8, 4) is 0 Å². The third kappa shape index (κ3) is 3.72. The number of rotatable bonds is 3. The average molecular weight is 349 g/mol. The van der Waals surface area contributed by atoms with Gasteiger partial charge >= 0.3 is 0 Å². The summed E-state index contributed by atoms with van der Waals surface area (Å²) in [6.45, 7) is 3.11. The van der Waals surface area contributed by atoms with Gasteiger partial charge in [0.15, 0.2) is 5.78 Å². The van der Waals surface area contributed by atoms with Crippen LogP contribution in [0.15, 0.2) is 27.1 Å². The van der Waals surface area contributed by atoms with Gasteiger partial charge in [-0.1, -0.05) is 31.9 Å². The van der Waals surface area contributed by atoms with Crippen LogP contribution in [0, 0.1) is 0 Å². The van der Waals surface area contributed by atoms with Crippen LogP contribution in [0.1, 0.15) is 24.2 Å². The van der Waals surface area contributed by atoms with E-state index in [1.165, 1.54) is 6.92 Å².